The summed E-state index contributed by atoms with van der Waals surface area (Å²) >= 11 is 13.8. The minimum atomic E-state index is -0.216. The molecule has 0 aliphatic rings. The highest BCUT2D eigenvalue weighted by Gasteiger charge is 2.23. The number of aromatic nitrogens is 2. The van der Waals surface area contributed by atoms with Crippen molar-refractivity contribution >= 4 is 55.8 Å². The molecule has 2 aromatic carbocycles. The summed E-state index contributed by atoms with van der Waals surface area (Å²) < 4.78 is 1.05. The monoisotopic (exact) mass is 441 g/mol. The number of fused-ring (bicyclic) bond motifs is 1. The fraction of sp³-hybridized carbons (Fsp3) is 0.136. The predicted molar refractivity (Wildman–Crippen MR) is 120 cm³/mol. The van der Waals surface area contributed by atoms with Gasteiger partial charge in [0.2, 0.25) is 0 Å². The average Bonchev–Trinajstić information content (AvgIpc) is 3.09. The van der Waals surface area contributed by atoms with Crippen LogP contribution in [0.25, 0.3) is 10.2 Å². The average molecular weight is 442 g/mol. The molecule has 146 valence electrons. The Morgan fingerprint density at radius 1 is 1.10 bits per heavy atom. The van der Waals surface area contributed by atoms with Gasteiger partial charge in [-0.25, -0.2) is 4.98 Å². The van der Waals surface area contributed by atoms with E-state index in [1.54, 1.807) is 35.5 Å². The van der Waals surface area contributed by atoms with Crippen molar-refractivity contribution in [3.05, 3.63) is 87.2 Å². The maximum Gasteiger partial charge on any atom is 0.260 e. The van der Waals surface area contributed by atoms with Crippen LogP contribution in [0.15, 0.2) is 54.9 Å². The molecule has 0 saturated heterocycles. The molecule has 4 nitrogen and oxygen atoms in total. The molecule has 0 saturated carbocycles. The summed E-state index contributed by atoms with van der Waals surface area (Å²) in [5.41, 5.74) is 4.47. The molecule has 0 radical (unpaired) electrons. The Balaban J connectivity index is 1.82. The van der Waals surface area contributed by atoms with Gasteiger partial charge >= 0.3 is 0 Å². The first-order valence-corrected chi connectivity index (χ1v) is 10.5. The Labute approximate surface area is 182 Å². The highest BCUT2D eigenvalue weighted by Crippen LogP contribution is 2.33. The lowest BCUT2D eigenvalue weighted by Gasteiger charge is -2.20. The van der Waals surface area contributed by atoms with Crippen LogP contribution in [0, 0.1) is 13.8 Å². The maximum atomic E-state index is 13.4. The molecule has 0 N–H and O–H groups in total. The van der Waals surface area contributed by atoms with Crippen LogP contribution in [-0.4, -0.2) is 15.9 Å². The maximum absolute atomic E-state index is 13.4. The van der Waals surface area contributed by atoms with Gasteiger partial charge in [-0.15, -0.1) is 0 Å². The normalized spacial score (nSPS) is 11.0. The van der Waals surface area contributed by atoms with E-state index in [0.717, 1.165) is 26.9 Å². The van der Waals surface area contributed by atoms with E-state index in [9.17, 15) is 4.79 Å². The highest BCUT2D eigenvalue weighted by molar-refractivity contribution is 7.22. The van der Waals surface area contributed by atoms with E-state index < -0.39 is 0 Å². The molecule has 0 fully saturated rings. The van der Waals surface area contributed by atoms with E-state index in [-0.39, 0.29) is 5.91 Å². The standard InChI is InChI=1S/C22H17Cl2N3OS/c1-13-6-14(2)20-19(7-13)29-22(26-20)27(12-15-4-3-5-25-11-15)21(28)16-8-17(23)10-18(24)9-16/h3-11H,12H2,1-2H3. The smallest absolute Gasteiger partial charge is 0.260 e. The van der Waals surface area contributed by atoms with Gasteiger partial charge in [0.15, 0.2) is 5.13 Å². The summed E-state index contributed by atoms with van der Waals surface area (Å²) in [7, 11) is 0. The number of benzene rings is 2. The molecule has 4 rings (SSSR count). The zero-order valence-electron chi connectivity index (χ0n) is 15.8. The van der Waals surface area contributed by atoms with E-state index in [2.05, 4.69) is 24.0 Å². The second-order valence-electron chi connectivity index (χ2n) is 6.84. The van der Waals surface area contributed by atoms with Gasteiger partial charge in [-0.05, 0) is 60.9 Å². The molecular formula is C22H17Cl2N3OS. The lowest BCUT2D eigenvalue weighted by molar-refractivity contribution is 0.0985. The Morgan fingerprint density at radius 2 is 1.86 bits per heavy atom. The second-order valence-corrected chi connectivity index (χ2v) is 8.72. The van der Waals surface area contributed by atoms with Gasteiger partial charge in [-0.2, -0.15) is 0 Å². The third kappa shape index (κ3) is 4.27. The fourth-order valence-corrected chi connectivity index (χ4v) is 4.87. The van der Waals surface area contributed by atoms with E-state index in [0.29, 0.717) is 27.3 Å². The highest BCUT2D eigenvalue weighted by atomic mass is 35.5. The Hall–Kier alpha value is -2.47. The molecule has 0 aliphatic heterocycles. The second kappa shape index (κ2) is 8.11. The Kier molecular flexibility index (Phi) is 5.54. The van der Waals surface area contributed by atoms with E-state index in [1.807, 2.05) is 19.1 Å². The van der Waals surface area contributed by atoms with E-state index in [4.69, 9.17) is 28.2 Å². The number of thiazole rings is 1. The number of rotatable bonds is 4. The van der Waals surface area contributed by atoms with Gasteiger partial charge in [0.25, 0.3) is 5.91 Å². The lowest BCUT2D eigenvalue weighted by Crippen LogP contribution is -2.30. The first-order valence-electron chi connectivity index (χ1n) is 8.95. The zero-order chi connectivity index (χ0) is 20.5. The molecule has 1 amide bonds. The SMILES string of the molecule is Cc1cc(C)c2nc(N(Cc3cccnc3)C(=O)c3cc(Cl)cc(Cl)c3)sc2c1. The van der Waals surface area contributed by atoms with Crippen LogP contribution in [0.5, 0.6) is 0 Å². The molecule has 4 aromatic rings. The van der Waals surface area contributed by atoms with Crippen LogP contribution in [0.4, 0.5) is 5.13 Å². The number of hydrogen-bond acceptors (Lipinski definition) is 4. The first-order chi connectivity index (χ1) is 13.9. The van der Waals surface area contributed by atoms with Crippen LogP contribution >= 0.6 is 34.5 Å². The van der Waals surface area contributed by atoms with Gasteiger partial charge in [0.1, 0.15) is 0 Å². The summed E-state index contributed by atoms with van der Waals surface area (Å²) in [5.74, 6) is -0.216. The topological polar surface area (TPSA) is 46.1 Å². The number of hydrogen-bond donors (Lipinski definition) is 0. The van der Waals surface area contributed by atoms with Crippen molar-refractivity contribution in [2.24, 2.45) is 0 Å². The molecule has 29 heavy (non-hydrogen) atoms. The van der Waals surface area contributed by atoms with Gasteiger partial charge in [0, 0.05) is 28.0 Å². The van der Waals surface area contributed by atoms with Crippen LogP contribution in [0.1, 0.15) is 27.0 Å². The molecule has 7 heteroatoms. The summed E-state index contributed by atoms with van der Waals surface area (Å²) in [4.78, 5) is 24.0. The number of aryl methyl sites for hydroxylation is 2. The fourth-order valence-electron chi connectivity index (χ4n) is 3.21. The molecule has 0 unspecified atom stereocenters. The van der Waals surface area contributed by atoms with E-state index in [1.165, 1.54) is 11.3 Å². The van der Waals surface area contributed by atoms with Crippen LogP contribution in [0.2, 0.25) is 10.0 Å². The molecule has 0 spiro atoms. The molecular weight excluding hydrogens is 425 g/mol. The van der Waals surface area contributed by atoms with E-state index >= 15 is 0 Å². The summed E-state index contributed by atoms with van der Waals surface area (Å²) in [5, 5.41) is 1.45. The molecule has 0 aliphatic carbocycles. The van der Waals surface area contributed by atoms with Gasteiger partial charge in [-0.1, -0.05) is 46.7 Å². The first kappa shape index (κ1) is 19.8. The van der Waals surface area contributed by atoms with Gasteiger partial charge < -0.3 is 0 Å². The third-order valence-corrected chi connectivity index (χ3v) is 5.93. The van der Waals surface area contributed by atoms with Gasteiger partial charge in [0.05, 0.1) is 16.8 Å². The number of carbonyl (C=O) groups excluding carboxylic acids is 1. The predicted octanol–water partition coefficient (Wildman–Crippen LogP) is 6.46. The summed E-state index contributed by atoms with van der Waals surface area (Å²) in [6.45, 7) is 4.43. The molecule has 0 bridgehead atoms. The molecule has 2 heterocycles. The summed E-state index contributed by atoms with van der Waals surface area (Å²) in [6.07, 6.45) is 3.45. The van der Waals surface area contributed by atoms with Crippen LogP contribution in [-0.2, 0) is 6.54 Å². The van der Waals surface area contributed by atoms with Gasteiger partial charge in [-0.3, -0.25) is 14.7 Å². The minimum Gasteiger partial charge on any atom is -0.279 e. The zero-order valence-corrected chi connectivity index (χ0v) is 18.1. The van der Waals surface area contributed by atoms with Crippen molar-refractivity contribution in [1.29, 1.82) is 0 Å². The van der Waals surface area contributed by atoms with Crippen molar-refractivity contribution in [2.75, 3.05) is 4.90 Å². The van der Waals surface area contributed by atoms with Crippen molar-refractivity contribution in [3.8, 4) is 0 Å². The third-order valence-electron chi connectivity index (χ3n) is 4.47. The minimum absolute atomic E-state index is 0.216. The van der Waals surface area contributed by atoms with Crippen molar-refractivity contribution in [2.45, 2.75) is 20.4 Å². The lowest BCUT2D eigenvalue weighted by atomic mass is 10.1. The number of amides is 1. The van der Waals surface area contributed by atoms with Crippen molar-refractivity contribution < 1.29 is 4.79 Å². The largest absolute Gasteiger partial charge is 0.279 e. The number of nitrogens with zero attached hydrogens (tertiary/aromatic N) is 3. The van der Waals surface area contributed by atoms with Crippen molar-refractivity contribution in [1.82, 2.24) is 9.97 Å². The molecule has 0 atom stereocenters. The van der Waals surface area contributed by atoms with Crippen LogP contribution < -0.4 is 4.90 Å². The quantitative estimate of drug-likeness (QED) is 0.364. The summed E-state index contributed by atoms with van der Waals surface area (Å²) in [6, 6.07) is 12.8. The number of anilines is 1. The van der Waals surface area contributed by atoms with Crippen LogP contribution in [0.3, 0.4) is 0 Å². The number of halogens is 2. The molecule has 2 aromatic heterocycles. The Morgan fingerprint density at radius 3 is 2.55 bits per heavy atom. The van der Waals surface area contributed by atoms with Crippen molar-refractivity contribution in [3.63, 3.8) is 0 Å². The number of pyridine rings is 1. The number of carbonyl (C=O) groups is 1. The Bertz CT molecular complexity index is 1190.